The number of halogens is 1. The number of nitrogens with zero attached hydrogens (tertiary/aromatic N) is 1. The predicted molar refractivity (Wildman–Crippen MR) is 131 cm³/mol. The van der Waals surface area contributed by atoms with Gasteiger partial charge in [-0.25, -0.2) is 13.2 Å². The molecule has 0 bridgehead atoms. The number of anilines is 1. The molecule has 1 amide bonds. The van der Waals surface area contributed by atoms with Crippen molar-refractivity contribution in [3.63, 3.8) is 0 Å². The van der Waals surface area contributed by atoms with E-state index in [1.807, 2.05) is 0 Å². The minimum atomic E-state index is -4.39. The van der Waals surface area contributed by atoms with Crippen LogP contribution in [0.15, 0.2) is 76.0 Å². The van der Waals surface area contributed by atoms with E-state index in [4.69, 9.17) is 25.5 Å². The largest absolute Gasteiger partial charge is 0.497 e. The van der Waals surface area contributed by atoms with Gasteiger partial charge in [-0.05, 0) is 73.7 Å². The van der Waals surface area contributed by atoms with Crippen molar-refractivity contribution in [2.75, 3.05) is 18.5 Å². The number of hydrogen-bond donors (Lipinski definition) is 0. The van der Waals surface area contributed by atoms with Gasteiger partial charge in [-0.2, -0.15) is 4.31 Å². The molecule has 0 atom stereocenters. The van der Waals surface area contributed by atoms with E-state index in [0.717, 1.165) is 0 Å². The van der Waals surface area contributed by atoms with Crippen LogP contribution in [-0.2, 0) is 14.8 Å². The van der Waals surface area contributed by atoms with Crippen LogP contribution in [0.2, 0.25) is 5.02 Å². The molecule has 0 unspecified atom stereocenters. The summed E-state index contributed by atoms with van der Waals surface area (Å²) in [6.45, 7) is 1.59. The second-order valence-electron chi connectivity index (χ2n) is 7.46. The third-order valence-corrected chi connectivity index (χ3v) is 7.32. The highest BCUT2D eigenvalue weighted by molar-refractivity contribution is 7.93. The average molecular weight is 514 g/mol. The van der Waals surface area contributed by atoms with E-state index in [9.17, 15) is 18.0 Å². The van der Waals surface area contributed by atoms with Gasteiger partial charge in [0, 0.05) is 16.0 Å². The molecular formula is C25H20ClNO7S. The molecule has 4 aromatic rings. The van der Waals surface area contributed by atoms with Gasteiger partial charge in [-0.3, -0.25) is 4.79 Å². The number of aryl methyl sites for hydroxylation is 1. The van der Waals surface area contributed by atoms with Crippen molar-refractivity contribution in [3.8, 4) is 5.75 Å². The summed E-state index contributed by atoms with van der Waals surface area (Å²) in [4.78, 5) is 25.8. The van der Waals surface area contributed by atoms with E-state index < -0.39 is 21.9 Å². The summed E-state index contributed by atoms with van der Waals surface area (Å²) in [6.07, 6.45) is 0. The number of methoxy groups -OCH3 is 2. The van der Waals surface area contributed by atoms with Gasteiger partial charge in [0.2, 0.25) is 0 Å². The van der Waals surface area contributed by atoms with E-state index in [0.29, 0.717) is 31.8 Å². The molecule has 0 radical (unpaired) electrons. The molecule has 1 aromatic heterocycles. The number of esters is 1. The van der Waals surface area contributed by atoms with E-state index in [1.165, 1.54) is 80.9 Å². The monoisotopic (exact) mass is 513 g/mol. The molecule has 3 aromatic carbocycles. The Morgan fingerprint density at radius 2 is 1.60 bits per heavy atom. The van der Waals surface area contributed by atoms with Crippen LogP contribution in [-0.4, -0.2) is 34.5 Å². The molecule has 0 aliphatic carbocycles. The first kappa shape index (κ1) is 24.3. The molecule has 8 nitrogen and oxygen atoms in total. The van der Waals surface area contributed by atoms with E-state index in [2.05, 4.69) is 0 Å². The fraction of sp³-hybridized carbons (Fsp3) is 0.120. The Balaban J connectivity index is 1.93. The lowest BCUT2D eigenvalue weighted by atomic mass is 10.1. The summed E-state index contributed by atoms with van der Waals surface area (Å²) in [6, 6.07) is 15.8. The second-order valence-corrected chi connectivity index (χ2v) is 9.69. The molecule has 35 heavy (non-hydrogen) atoms. The van der Waals surface area contributed by atoms with Crippen LogP contribution in [0.5, 0.6) is 5.75 Å². The van der Waals surface area contributed by atoms with Crippen molar-refractivity contribution in [3.05, 3.63) is 88.6 Å². The molecule has 0 aliphatic heterocycles. The maximum atomic E-state index is 13.8. The van der Waals surface area contributed by atoms with Gasteiger partial charge in [-0.1, -0.05) is 11.6 Å². The number of carbonyl (C=O) groups excluding carboxylic acids is 2. The molecule has 4 rings (SSSR count). The number of furan rings is 1. The van der Waals surface area contributed by atoms with Gasteiger partial charge in [0.1, 0.15) is 22.7 Å². The summed E-state index contributed by atoms with van der Waals surface area (Å²) in [7, 11) is -1.70. The Labute approximate surface area is 206 Å². The first-order valence-corrected chi connectivity index (χ1v) is 12.1. The van der Waals surface area contributed by atoms with Crippen molar-refractivity contribution in [2.45, 2.75) is 11.8 Å². The van der Waals surface area contributed by atoms with Crippen LogP contribution in [0.25, 0.3) is 11.0 Å². The third kappa shape index (κ3) is 4.48. The number of hydrogen-bond acceptors (Lipinski definition) is 7. The number of rotatable bonds is 6. The molecule has 0 aliphatic rings. The first-order chi connectivity index (χ1) is 16.7. The normalized spacial score (nSPS) is 11.3. The van der Waals surface area contributed by atoms with Crippen LogP contribution >= 0.6 is 11.6 Å². The summed E-state index contributed by atoms with van der Waals surface area (Å²) in [5.41, 5.74) is 0.597. The van der Waals surface area contributed by atoms with Crippen molar-refractivity contribution in [1.82, 2.24) is 0 Å². The lowest BCUT2D eigenvalue weighted by molar-refractivity contribution is 0.0600. The Kier molecular flexibility index (Phi) is 6.56. The number of amides is 1. The Morgan fingerprint density at radius 1 is 0.943 bits per heavy atom. The maximum Gasteiger partial charge on any atom is 0.342 e. The van der Waals surface area contributed by atoms with E-state index >= 15 is 0 Å². The number of fused-ring (bicyclic) bond motifs is 1. The molecule has 180 valence electrons. The lowest BCUT2D eigenvalue weighted by Gasteiger charge is -2.23. The van der Waals surface area contributed by atoms with Gasteiger partial charge in [0.15, 0.2) is 0 Å². The summed E-state index contributed by atoms with van der Waals surface area (Å²) in [5, 5.41) is 0.704. The Morgan fingerprint density at radius 3 is 2.20 bits per heavy atom. The number of carbonyl (C=O) groups is 2. The molecule has 10 heteroatoms. The third-order valence-electron chi connectivity index (χ3n) is 5.34. The standard InChI is InChI=1S/C25H20ClNO7S/c1-15-23(25(29)33-3)21-14-18(8-13-22(21)34-15)27(24(28)16-4-6-17(26)7-5-16)35(30,31)20-11-9-19(32-2)10-12-20/h4-14H,1-3H3. The summed E-state index contributed by atoms with van der Waals surface area (Å²) < 4.78 is 43.8. The molecule has 0 fully saturated rings. The Bertz CT molecular complexity index is 1520. The number of benzene rings is 3. The van der Waals surface area contributed by atoms with Crippen molar-refractivity contribution >= 4 is 50.2 Å². The highest BCUT2D eigenvalue weighted by Gasteiger charge is 2.33. The first-order valence-electron chi connectivity index (χ1n) is 10.3. The maximum absolute atomic E-state index is 13.8. The quantitative estimate of drug-likeness (QED) is 0.325. The van der Waals surface area contributed by atoms with Gasteiger partial charge in [-0.15, -0.1) is 0 Å². The SMILES string of the molecule is COC(=O)c1c(C)oc2ccc(N(C(=O)c3ccc(Cl)cc3)S(=O)(=O)c3ccc(OC)cc3)cc12. The summed E-state index contributed by atoms with van der Waals surface area (Å²) >= 11 is 5.95. The van der Waals surface area contributed by atoms with Crippen LogP contribution in [0.4, 0.5) is 5.69 Å². The summed E-state index contributed by atoms with van der Waals surface area (Å²) in [5.74, 6) is -0.696. The van der Waals surface area contributed by atoms with E-state index in [1.54, 1.807) is 6.92 Å². The zero-order valence-corrected chi connectivity index (χ0v) is 20.5. The fourth-order valence-electron chi connectivity index (χ4n) is 3.62. The van der Waals surface area contributed by atoms with Crippen molar-refractivity contribution in [2.24, 2.45) is 0 Å². The molecule has 0 N–H and O–H groups in total. The molecule has 0 saturated heterocycles. The molecule has 1 heterocycles. The predicted octanol–water partition coefficient (Wildman–Crippen LogP) is 5.23. The highest BCUT2D eigenvalue weighted by Crippen LogP contribution is 2.33. The number of sulfonamides is 1. The van der Waals surface area contributed by atoms with Crippen molar-refractivity contribution in [1.29, 1.82) is 0 Å². The Hall–Kier alpha value is -3.82. The lowest BCUT2D eigenvalue weighted by Crippen LogP contribution is -2.37. The smallest absolute Gasteiger partial charge is 0.342 e. The fourth-order valence-corrected chi connectivity index (χ4v) is 5.15. The van der Waals surface area contributed by atoms with Crippen LogP contribution in [0, 0.1) is 6.92 Å². The minimum Gasteiger partial charge on any atom is -0.497 e. The molecular weight excluding hydrogens is 494 g/mol. The van der Waals surface area contributed by atoms with Crippen molar-refractivity contribution < 1.29 is 31.9 Å². The number of ether oxygens (including phenoxy) is 2. The topological polar surface area (TPSA) is 103 Å². The average Bonchev–Trinajstić information content (AvgIpc) is 3.19. The highest BCUT2D eigenvalue weighted by atomic mass is 35.5. The van der Waals surface area contributed by atoms with Crippen LogP contribution in [0.1, 0.15) is 26.5 Å². The van der Waals surface area contributed by atoms with E-state index in [-0.39, 0.29) is 21.7 Å². The van der Waals surface area contributed by atoms with Crippen LogP contribution in [0.3, 0.4) is 0 Å². The van der Waals surface area contributed by atoms with Gasteiger partial charge >= 0.3 is 5.97 Å². The second kappa shape index (κ2) is 9.44. The zero-order chi connectivity index (χ0) is 25.3. The molecule has 0 spiro atoms. The van der Waals surface area contributed by atoms with Crippen LogP contribution < -0.4 is 9.04 Å². The van der Waals surface area contributed by atoms with Gasteiger partial charge in [0.05, 0.1) is 24.8 Å². The minimum absolute atomic E-state index is 0.0132. The molecule has 0 saturated carbocycles. The van der Waals surface area contributed by atoms with Gasteiger partial charge < -0.3 is 13.9 Å². The zero-order valence-electron chi connectivity index (χ0n) is 18.9. The van der Waals surface area contributed by atoms with Gasteiger partial charge in [0.25, 0.3) is 15.9 Å².